The van der Waals surface area contributed by atoms with E-state index in [-0.39, 0.29) is 11.9 Å². The first-order valence-electron chi connectivity index (χ1n) is 20.0. The third-order valence-electron chi connectivity index (χ3n) is 9.03. The third kappa shape index (κ3) is 37.1. The summed E-state index contributed by atoms with van der Waals surface area (Å²) in [7, 11) is 0. The first-order chi connectivity index (χ1) is 21.7. The number of ether oxygens (including phenoxy) is 2. The van der Waals surface area contributed by atoms with Crippen LogP contribution < -0.4 is 0 Å². The first-order valence-corrected chi connectivity index (χ1v) is 20.0. The van der Waals surface area contributed by atoms with Gasteiger partial charge in [-0.3, -0.25) is 9.59 Å². The number of hydrogen-bond acceptors (Lipinski definition) is 4. The summed E-state index contributed by atoms with van der Waals surface area (Å²) >= 11 is 0. The van der Waals surface area contributed by atoms with Crippen molar-refractivity contribution in [3.05, 3.63) is 0 Å². The summed E-state index contributed by atoms with van der Waals surface area (Å²) in [5.74, 6) is 0.0200. The predicted octanol–water partition coefficient (Wildman–Crippen LogP) is 13.4. The zero-order valence-electron chi connectivity index (χ0n) is 30.1. The van der Waals surface area contributed by atoms with E-state index >= 15 is 0 Å². The van der Waals surface area contributed by atoms with E-state index in [2.05, 4.69) is 13.8 Å². The molecule has 0 aliphatic carbocycles. The SMILES string of the molecule is CCCCCCCCOC(=O)CCCCCCCCCCCCCCCCCCCCCCC(=O)OCCCCCCCC. The molecule has 44 heavy (non-hydrogen) atoms. The summed E-state index contributed by atoms with van der Waals surface area (Å²) in [5, 5.41) is 0. The standard InChI is InChI=1S/C40H78O4/c1-3-5-7-9-29-33-37-43-39(41)35-31-27-25-23-21-19-17-15-13-11-12-14-16-18-20-22-24-26-28-32-36-40(42)44-38-34-30-10-8-6-4-2/h3-38H2,1-2H3. The van der Waals surface area contributed by atoms with Crippen LogP contribution in [0.5, 0.6) is 0 Å². The molecule has 0 fully saturated rings. The average Bonchev–Trinajstić information content (AvgIpc) is 3.02. The van der Waals surface area contributed by atoms with E-state index in [1.165, 1.54) is 180 Å². The highest BCUT2D eigenvalue weighted by atomic mass is 16.5. The van der Waals surface area contributed by atoms with E-state index in [0.29, 0.717) is 26.1 Å². The molecule has 4 heteroatoms. The first kappa shape index (κ1) is 42.9. The van der Waals surface area contributed by atoms with Gasteiger partial charge in [0.2, 0.25) is 0 Å². The van der Waals surface area contributed by atoms with Crippen LogP contribution in [0.15, 0.2) is 0 Å². The molecule has 0 bridgehead atoms. The molecule has 0 unspecified atom stereocenters. The van der Waals surface area contributed by atoms with Crippen LogP contribution in [0.4, 0.5) is 0 Å². The highest BCUT2D eigenvalue weighted by molar-refractivity contribution is 5.69. The Kier molecular flexibility index (Phi) is 37.2. The molecular formula is C40H78O4. The van der Waals surface area contributed by atoms with Gasteiger partial charge in [-0.25, -0.2) is 0 Å². The second-order valence-corrected chi connectivity index (χ2v) is 13.5. The summed E-state index contributed by atoms with van der Waals surface area (Å²) < 4.78 is 10.7. The highest BCUT2D eigenvalue weighted by Gasteiger charge is 2.04. The van der Waals surface area contributed by atoms with Crippen LogP contribution in [0.2, 0.25) is 0 Å². The Hall–Kier alpha value is -1.06. The lowest BCUT2D eigenvalue weighted by Gasteiger charge is -2.06. The van der Waals surface area contributed by atoms with Gasteiger partial charge in [-0.15, -0.1) is 0 Å². The number of rotatable bonds is 37. The van der Waals surface area contributed by atoms with Crippen LogP contribution in [-0.4, -0.2) is 25.2 Å². The van der Waals surface area contributed by atoms with E-state index in [9.17, 15) is 9.59 Å². The van der Waals surface area contributed by atoms with Crippen molar-refractivity contribution in [2.75, 3.05) is 13.2 Å². The largest absolute Gasteiger partial charge is 0.466 e. The summed E-state index contributed by atoms with van der Waals surface area (Å²) in [5.41, 5.74) is 0. The van der Waals surface area contributed by atoms with E-state index < -0.39 is 0 Å². The smallest absolute Gasteiger partial charge is 0.305 e. The second kappa shape index (κ2) is 38.1. The summed E-state index contributed by atoms with van der Waals surface area (Å²) in [6.07, 6.45) is 42.3. The van der Waals surface area contributed by atoms with Crippen molar-refractivity contribution >= 4 is 11.9 Å². The van der Waals surface area contributed by atoms with Crippen LogP contribution in [0.1, 0.15) is 232 Å². The normalized spacial score (nSPS) is 11.2. The number of unbranched alkanes of at least 4 members (excludes halogenated alkanes) is 29. The van der Waals surface area contributed by atoms with Crippen LogP contribution in [0.3, 0.4) is 0 Å². The molecule has 0 saturated heterocycles. The fraction of sp³-hybridized carbons (Fsp3) is 0.950. The van der Waals surface area contributed by atoms with Crippen molar-refractivity contribution in [1.82, 2.24) is 0 Å². The molecule has 0 heterocycles. The van der Waals surface area contributed by atoms with Crippen molar-refractivity contribution < 1.29 is 19.1 Å². The number of esters is 2. The molecule has 0 aromatic heterocycles. The molecule has 0 radical (unpaired) electrons. The molecule has 0 N–H and O–H groups in total. The van der Waals surface area contributed by atoms with Gasteiger partial charge in [0.1, 0.15) is 0 Å². The minimum Gasteiger partial charge on any atom is -0.466 e. The Labute approximate surface area is 276 Å². The quantitative estimate of drug-likeness (QED) is 0.0511. The van der Waals surface area contributed by atoms with Crippen molar-refractivity contribution in [3.8, 4) is 0 Å². The lowest BCUT2D eigenvalue weighted by Crippen LogP contribution is -2.05. The second-order valence-electron chi connectivity index (χ2n) is 13.5. The Morgan fingerprint density at radius 3 is 0.750 bits per heavy atom. The zero-order valence-corrected chi connectivity index (χ0v) is 30.1. The number of carbonyl (C=O) groups is 2. The lowest BCUT2D eigenvalue weighted by molar-refractivity contribution is -0.144. The maximum Gasteiger partial charge on any atom is 0.305 e. The van der Waals surface area contributed by atoms with E-state index in [1.54, 1.807) is 0 Å². The number of hydrogen-bond donors (Lipinski definition) is 0. The Balaban J connectivity index is 3.16. The van der Waals surface area contributed by atoms with Gasteiger partial charge in [0.05, 0.1) is 13.2 Å². The molecule has 0 rings (SSSR count). The van der Waals surface area contributed by atoms with Crippen LogP contribution in [0, 0.1) is 0 Å². The van der Waals surface area contributed by atoms with Gasteiger partial charge in [0.15, 0.2) is 0 Å². The van der Waals surface area contributed by atoms with Crippen LogP contribution in [-0.2, 0) is 19.1 Å². The molecule has 0 spiro atoms. The minimum atomic E-state index is 0.00999. The summed E-state index contributed by atoms with van der Waals surface area (Å²) in [4.78, 5) is 23.6. The fourth-order valence-corrected chi connectivity index (χ4v) is 6.00. The predicted molar refractivity (Wildman–Crippen MR) is 190 cm³/mol. The number of carbonyl (C=O) groups excluding carboxylic acids is 2. The van der Waals surface area contributed by atoms with Gasteiger partial charge < -0.3 is 9.47 Å². The molecule has 0 amide bonds. The van der Waals surface area contributed by atoms with Gasteiger partial charge in [-0.2, -0.15) is 0 Å². The van der Waals surface area contributed by atoms with Gasteiger partial charge in [-0.05, 0) is 25.7 Å². The van der Waals surface area contributed by atoms with Gasteiger partial charge in [-0.1, -0.05) is 194 Å². The Morgan fingerprint density at radius 2 is 0.500 bits per heavy atom. The maximum atomic E-state index is 11.8. The molecule has 0 aromatic carbocycles. The monoisotopic (exact) mass is 623 g/mol. The minimum absolute atomic E-state index is 0.00999. The van der Waals surface area contributed by atoms with E-state index in [4.69, 9.17) is 9.47 Å². The Morgan fingerprint density at radius 1 is 0.295 bits per heavy atom. The van der Waals surface area contributed by atoms with Gasteiger partial charge >= 0.3 is 11.9 Å². The van der Waals surface area contributed by atoms with Gasteiger partial charge in [0, 0.05) is 12.8 Å². The topological polar surface area (TPSA) is 52.6 Å². The van der Waals surface area contributed by atoms with Crippen molar-refractivity contribution in [3.63, 3.8) is 0 Å². The highest BCUT2D eigenvalue weighted by Crippen LogP contribution is 2.16. The summed E-state index contributed by atoms with van der Waals surface area (Å²) in [6, 6.07) is 0. The zero-order chi connectivity index (χ0) is 32.0. The fourth-order valence-electron chi connectivity index (χ4n) is 6.00. The van der Waals surface area contributed by atoms with Gasteiger partial charge in [0.25, 0.3) is 0 Å². The third-order valence-corrected chi connectivity index (χ3v) is 9.03. The molecule has 0 aromatic rings. The molecular weight excluding hydrogens is 544 g/mol. The molecule has 0 aliphatic rings. The van der Waals surface area contributed by atoms with Crippen LogP contribution >= 0.6 is 0 Å². The van der Waals surface area contributed by atoms with E-state index in [1.807, 2.05) is 0 Å². The summed E-state index contributed by atoms with van der Waals surface area (Å²) in [6.45, 7) is 5.71. The molecule has 0 atom stereocenters. The Bertz CT molecular complexity index is 526. The van der Waals surface area contributed by atoms with Crippen molar-refractivity contribution in [2.45, 2.75) is 232 Å². The van der Waals surface area contributed by atoms with Crippen LogP contribution in [0.25, 0.3) is 0 Å². The van der Waals surface area contributed by atoms with Crippen molar-refractivity contribution in [1.29, 1.82) is 0 Å². The van der Waals surface area contributed by atoms with E-state index in [0.717, 1.165) is 25.7 Å². The molecule has 0 saturated carbocycles. The lowest BCUT2D eigenvalue weighted by atomic mass is 10.0. The average molecular weight is 623 g/mol. The maximum absolute atomic E-state index is 11.8. The molecule has 4 nitrogen and oxygen atoms in total. The van der Waals surface area contributed by atoms with Crippen molar-refractivity contribution in [2.24, 2.45) is 0 Å². The molecule has 262 valence electrons. The molecule has 0 aliphatic heterocycles.